The Morgan fingerprint density at radius 2 is 2.24 bits per heavy atom. The first-order valence-electron chi connectivity index (χ1n) is 5.58. The lowest BCUT2D eigenvalue weighted by molar-refractivity contribution is 0.613. The van der Waals surface area contributed by atoms with Crippen molar-refractivity contribution >= 4 is 11.6 Å². The van der Waals surface area contributed by atoms with Crippen molar-refractivity contribution in [3.8, 4) is 0 Å². The van der Waals surface area contributed by atoms with Crippen LogP contribution in [0.3, 0.4) is 0 Å². The highest BCUT2D eigenvalue weighted by atomic mass is 35.5. The third-order valence-corrected chi connectivity index (χ3v) is 3.02. The van der Waals surface area contributed by atoms with E-state index in [1.54, 1.807) is 12.3 Å². The Bertz CT molecular complexity index is 508. The quantitative estimate of drug-likeness (QED) is 0.763. The molecule has 0 radical (unpaired) electrons. The van der Waals surface area contributed by atoms with E-state index in [1.165, 1.54) is 12.1 Å². The van der Waals surface area contributed by atoms with Crippen LogP contribution in [0.5, 0.6) is 0 Å². The van der Waals surface area contributed by atoms with Gasteiger partial charge in [-0.3, -0.25) is 4.68 Å². The van der Waals surface area contributed by atoms with Gasteiger partial charge in [0.1, 0.15) is 5.82 Å². The second-order valence-electron chi connectivity index (χ2n) is 3.89. The molecule has 0 fully saturated rings. The summed E-state index contributed by atoms with van der Waals surface area (Å²) in [4.78, 5) is 0. The summed E-state index contributed by atoms with van der Waals surface area (Å²) < 4.78 is 15.0. The van der Waals surface area contributed by atoms with Gasteiger partial charge >= 0.3 is 0 Å². The molecule has 2 rings (SSSR count). The molecule has 1 heterocycles. The second kappa shape index (κ2) is 5.32. The molecule has 1 aromatic heterocycles. The van der Waals surface area contributed by atoms with Crippen LogP contribution in [-0.4, -0.2) is 9.78 Å². The number of hydrogen-bond acceptors (Lipinski definition) is 1. The number of aromatic nitrogens is 2. The van der Waals surface area contributed by atoms with Gasteiger partial charge in [-0.05, 0) is 24.1 Å². The zero-order chi connectivity index (χ0) is 12.3. The van der Waals surface area contributed by atoms with E-state index in [2.05, 4.69) is 12.0 Å². The molecule has 0 unspecified atom stereocenters. The first kappa shape index (κ1) is 12.1. The molecule has 0 saturated heterocycles. The number of alkyl halides is 1. The molecule has 0 spiro atoms. The van der Waals surface area contributed by atoms with Crippen molar-refractivity contribution in [2.45, 2.75) is 25.8 Å². The molecule has 0 aliphatic heterocycles. The van der Waals surface area contributed by atoms with Gasteiger partial charge in [-0.2, -0.15) is 5.10 Å². The average molecular weight is 253 g/mol. The lowest BCUT2D eigenvalue weighted by Gasteiger charge is -2.07. The Hall–Kier alpha value is -1.35. The molecular formula is C13H14ClFN2. The molecule has 0 N–H and O–H groups in total. The maximum atomic E-state index is 13.1. The van der Waals surface area contributed by atoms with Crippen LogP contribution >= 0.6 is 11.6 Å². The van der Waals surface area contributed by atoms with E-state index in [0.717, 1.165) is 23.2 Å². The molecule has 17 heavy (non-hydrogen) atoms. The summed E-state index contributed by atoms with van der Waals surface area (Å²) in [6.45, 7) is 2.65. The molecule has 90 valence electrons. The van der Waals surface area contributed by atoms with Crippen molar-refractivity contribution in [2.24, 2.45) is 0 Å². The van der Waals surface area contributed by atoms with E-state index in [0.29, 0.717) is 12.4 Å². The lowest BCUT2D eigenvalue weighted by Crippen LogP contribution is -2.06. The van der Waals surface area contributed by atoms with Gasteiger partial charge in [-0.15, -0.1) is 11.6 Å². The van der Waals surface area contributed by atoms with Crippen LogP contribution in [0.1, 0.15) is 23.7 Å². The number of nitrogens with zero attached hydrogens (tertiary/aromatic N) is 2. The summed E-state index contributed by atoms with van der Waals surface area (Å²) in [5, 5.41) is 4.29. The summed E-state index contributed by atoms with van der Waals surface area (Å²) >= 11 is 5.84. The Labute approximate surface area is 105 Å². The topological polar surface area (TPSA) is 17.8 Å². The maximum absolute atomic E-state index is 13.1. The Kier molecular flexibility index (Phi) is 3.79. The smallest absolute Gasteiger partial charge is 0.123 e. The van der Waals surface area contributed by atoms with Crippen LogP contribution in [-0.2, 0) is 18.8 Å². The normalized spacial score (nSPS) is 10.8. The van der Waals surface area contributed by atoms with Gasteiger partial charge in [0, 0.05) is 11.3 Å². The maximum Gasteiger partial charge on any atom is 0.123 e. The van der Waals surface area contributed by atoms with E-state index < -0.39 is 0 Å². The molecule has 2 aromatic rings. The molecule has 0 bridgehead atoms. The van der Waals surface area contributed by atoms with E-state index in [-0.39, 0.29) is 5.82 Å². The third-order valence-electron chi connectivity index (χ3n) is 2.74. The summed E-state index contributed by atoms with van der Waals surface area (Å²) in [5.41, 5.74) is 3.07. The molecule has 0 aliphatic rings. The predicted octanol–water partition coefficient (Wildman–Crippen LogP) is 3.37. The van der Waals surface area contributed by atoms with Crippen LogP contribution in [0.4, 0.5) is 4.39 Å². The van der Waals surface area contributed by atoms with Crippen LogP contribution in [0, 0.1) is 5.82 Å². The highest BCUT2D eigenvalue weighted by molar-refractivity contribution is 6.17. The van der Waals surface area contributed by atoms with Gasteiger partial charge in [0.25, 0.3) is 0 Å². The first-order valence-corrected chi connectivity index (χ1v) is 6.12. The fraction of sp³-hybridized carbons (Fsp3) is 0.308. The van der Waals surface area contributed by atoms with Crippen molar-refractivity contribution in [1.82, 2.24) is 9.78 Å². The van der Waals surface area contributed by atoms with Gasteiger partial charge in [0.15, 0.2) is 0 Å². The Balaban J connectivity index is 2.27. The van der Waals surface area contributed by atoms with Crippen LogP contribution in [0.25, 0.3) is 0 Å². The fourth-order valence-corrected chi connectivity index (χ4v) is 2.14. The monoisotopic (exact) mass is 252 g/mol. The number of rotatable bonds is 4. The van der Waals surface area contributed by atoms with Crippen LogP contribution < -0.4 is 0 Å². The Morgan fingerprint density at radius 3 is 2.88 bits per heavy atom. The van der Waals surface area contributed by atoms with Crippen molar-refractivity contribution in [1.29, 1.82) is 0 Å². The van der Waals surface area contributed by atoms with Gasteiger partial charge in [0.05, 0.1) is 18.6 Å². The standard InChI is InChI=1S/C13H14ClFN2/c1-2-13-11(7-14)8-16-17(13)9-10-4-3-5-12(15)6-10/h3-6,8H,2,7,9H2,1H3. The molecule has 0 saturated carbocycles. The minimum absolute atomic E-state index is 0.217. The summed E-state index contributed by atoms with van der Waals surface area (Å²) in [6, 6.07) is 6.58. The van der Waals surface area contributed by atoms with Crippen molar-refractivity contribution in [2.75, 3.05) is 0 Å². The highest BCUT2D eigenvalue weighted by Gasteiger charge is 2.08. The van der Waals surface area contributed by atoms with E-state index in [4.69, 9.17) is 11.6 Å². The minimum Gasteiger partial charge on any atom is -0.265 e. The Morgan fingerprint density at radius 1 is 1.41 bits per heavy atom. The molecule has 0 amide bonds. The SMILES string of the molecule is CCc1c(CCl)cnn1Cc1cccc(F)c1. The molecule has 4 heteroatoms. The van der Waals surface area contributed by atoms with Crippen LogP contribution in [0.2, 0.25) is 0 Å². The van der Waals surface area contributed by atoms with Gasteiger partial charge in [0.2, 0.25) is 0 Å². The predicted molar refractivity (Wildman–Crippen MR) is 66.7 cm³/mol. The van der Waals surface area contributed by atoms with Crippen LogP contribution in [0.15, 0.2) is 30.5 Å². The zero-order valence-electron chi connectivity index (χ0n) is 9.66. The molecule has 2 nitrogen and oxygen atoms in total. The van der Waals surface area contributed by atoms with E-state index >= 15 is 0 Å². The third kappa shape index (κ3) is 2.67. The summed E-state index contributed by atoms with van der Waals surface area (Å²) in [7, 11) is 0. The van der Waals surface area contributed by atoms with Gasteiger partial charge in [-0.25, -0.2) is 4.39 Å². The average Bonchev–Trinajstić information content (AvgIpc) is 2.71. The molecule has 0 atom stereocenters. The molecule has 0 aliphatic carbocycles. The molecule has 1 aromatic carbocycles. The minimum atomic E-state index is -0.217. The highest BCUT2D eigenvalue weighted by Crippen LogP contribution is 2.14. The number of hydrogen-bond donors (Lipinski definition) is 0. The van der Waals surface area contributed by atoms with Crippen molar-refractivity contribution in [3.05, 3.63) is 53.1 Å². The largest absolute Gasteiger partial charge is 0.265 e. The van der Waals surface area contributed by atoms with E-state index in [9.17, 15) is 4.39 Å². The zero-order valence-corrected chi connectivity index (χ0v) is 10.4. The molecular weight excluding hydrogens is 239 g/mol. The van der Waals surface area contributed by atoms with Gasteiger partial charge in [-0.1, -0.05) is 19.1 Å². The van der Waals surface area contributed by atoms with Crippen molar-refractivity contribution in [3.63, 3.8) is 0 Å². The van der Waals surface area contributed by atoms with Gasteiger partial charge < -0.3 is 0 Å². The summed E-state index contributed by atoms with van der Waals surface area (Å²) in [6.07, 6.45) is 2.66. The first-order chi connectivity index (χ1) is 8.24. The number of halogens is 2. The lowest BCUT2D eigenvalue weighted by atomic mass is 10.2. The van der Waals surface area contributed by atoms with E-state index in [1.807, 2.05) is 10.7 Å². The second-order valence-corrected chi connectivity index (χ2v) is 4.16. The number of benzene rings is 1. The summed E-state index contributed by atoms with van der Waals surface area (Å²) in [5.74, 6) is 0.247. The fourth-order valence-electron chi connectivity index (χ4n) is 1.92. The van der Waals surface area contributed by atoms with Crippen molar-refractivity contribution < 1.29 is 4.39 Å².